The summed E-state index contributed by atoms with van der Waals surface area (Å²) in [7, 11) is 1.79. The van der Waals surface area contributed by atoms with E-state index in [1.54, 1.807) is 7.11 Å². The largest absolute Gasteiger partial charge is 0.383 e. The van der Waals surface area contributed by atoms with Crippen LogP contribution in [-0.2, 0) is 4.74 Å². The van der Waals surface area contributed by atoms with Gasteiger partial charge in [-0.15, -0.1) is 0 Å². The lowest BCUT2D eigenvalue weighted by atomic mass is 10.1. The van der Waals surface area contributed by atoms with Gasteiger partial charge in [0.15, 0.2) is 0 Å². The molecule has 3 atom stereocenters. The van der Waals surface area contributed by atoms with Gasteiger partial charge in [0.05, 0.1) is 6.61 Å². The fraction of sp³-hybridized carbons (Fsp3) is 1.00. The number of methoxy groups -OCH3 is 1. The molecular weight excluding hydrogens is 200 g/mol. The molecule has 0 radical (unpaired) electrons. The number of hydrogen-bond acceptors (Lipinski definition) is 3. The lowest BCUT2D eigenvalue weighted by molar-refractivity contribution is 0.0773. The predicted octanol–water partition coefficient (Wildman–Crippen LogP) is 1.61. The quantitative estimate of drug-likeness (QED) is 0.748. The standard InChI is InChI=1S/C13H26N2O/c1-10(11-6-7-11)15(8-9-16-2)13-5-3-4-12(13)14/h10-13H,3-9,14H2,1-2H3. The molecule has 2 rings (SSSR count). The zero-order chi connectivity index (χ0) is 11.5. The van der Waals surface area contributed by atoms with Gasteiger partial charge in [0.2, 0.25) is 0 Å². The summed E-state index contributed by atoms with van der Waals surface area (Å²) >= 11 is 0. The Kier molecular flexibility index (Phi) is 4.22. The van der Waals surface area contributed by atoms with E-state index in [2.05, 4.69) is 11.8 Å². The molecule has 0 aromatic heterocycles. The van der Waals surface area contributed by atoms with E-state index in [0.717, 1.165) is 19.1 Å². The SMILES string of the molecule is COCCN(C(C)C1CC1)C1CCCC1N. The minimum Gasteiger partial charge on any atom is -0.383 e. The second-order valence-corrected chi connectivity index (χ2v) is 5.47. The summed E-state index contributed by atoms with van der Waals surface area (Å²) in [4.78, 5) is 2.62. The predicted molar refractivity (Wildman–Crippen MR) is 66.4 cm³/mol. The van der Waals surface area contributed by atoms with Crippen LogP contribution in [0.4, 0.5) is 0 Å². The first kappa shape index (κ1) is 12.3. The van der Waals surface area contributed by atoms with Crippen molar-refractivity contribution < 1.29 is 4.74 Å². The van der Waals surface area contributed by atoms with E-state index in [4.69, 9.17) is 10.5 Å². The minimum atomic E-state index is 0.387. The highest BCUT2D eigenvalue weighted by Gasteiger charge is 2.38. The molecule has 94 valence electrons. The summed E-state index contributed by atoms with van der Waals surface area (Å²) in [5.74, 6) is 0.921. The molecule has 0 heterocycles. The summed E-state index contributed by atoms with van der Waals surface area (Å²) in [5.41, 5.74) is 6.23. The van der Waals surface area contributed by atoms with Gasteiger partial charge < -0.3 is 10.5 Å². The van der Waals surface area contributed by atoms with Gasteiger partial charge in [0, 0.05) is 31.8 Å². The van der Waals surface area contributed by atoms with Crippen LogP contribution >= 0.6 is 0 Å². The number of rotatable bonds is 6. The third-order valence-corrected chi connectivity index (χ3v) is 4.34. The molecule has 0 bridgehead atoms. The van der Waals surface area contributed by atoms with Crippen molar-refractivity contribution in [3.8, 4) is 0 Å². The Morgan fingerprint density at radius 1 is 1.31 bits per heavy atom. The topological polar surface area (TPSA) is 38.5 Å². The molecule has 0 spiro atoms. The first-order chi connectivity index (χ1) is 7.74. The first-order valence-electron chi connectivity index (χ1n) is 6.74. The molecule has 2 N–H and O–H groups in total. The monoisotopic (exact) mass is 226 g/mol. The maximum atomic E-state index is 6.23. The van der Waals surface area contributed by atoms with Gasteiger partial charge in [-0.3, -0.25) is 4.90 Å². The van der Waals surface area contributed by atoms with E-state index < -0.39 is 0 Å². The van der Waals surface area contributed by atoms with E-state index in [1.165, 1.54) is 32.1 Å². The third-order valence-electron chi connectivity index (χ3n) is 4.34. The van der Waals surface area contributed by atoms with E-state index in [1.807, 2.05) is 0 Å². The Hall–Kier alpha value is -0.120. The lowest BCUT2D eigenvalue weighted by Crippen LogP contribution is -2.50. The molecule has 3 nitrogen and oxygen atoms in total. The zero-order valence-electron chi connectivity index (χ0n) is 10.7. The second-order valence-electron chi connectivity index (χ2n) is 5.47. The van der Waals surface area contributed by atoms with E-state index >= 15 is 0 Å². The van der Waals surface area contributed by atoms with Crippen molar-refractivity contribution in [3.05, 3.63) is 0 Å². The molecule has 0 aliphatic heterocycles. The van der Waals surface area contributed by atoms with Crippen LogP contribution in [0.25, 0.3) is 0 Å². The zero-order valence-corrected chi connectivity index (χ0v) is 10.7. The first-order valence-corrected chi connectivity index (χ1v) is 6.74. The highest BCUT2D eigenvalue weighted by atomic mass is 16.5. The van der Waals surface area contributed by atoms with E-state index in [0.29, 0.717) is 18.1 Å². The molecule has 0 saturated heterocycles. The van der Waals surface area contributed by atoms with Crippen molar-refractivity contribution in [2.24, 2.45) is 11.7 Å². The summed E-state index contributed by atoms with van der Waals surface area (Å²) < 4.78 is 5.23. The van der Waals surface area contributed by atoms with Crippen LogP contribution in [0.1, 0.15) is 39.0 Å². The van der Waals surface area contributed by atoms with Crippen LogP contribution in [0, 0.1) is 5.92 Å². The Morgan fingerprint density at radius 2 is 2.06 bits per heavy atom. The van der Waals surface area contributed by atoms with Crippen LogP contribution in [0.2, 0.25) is 0 Å². The van der Waals surface area contributed by atoms with Crippen LogP contribution in [-0.4, -0.2) is 43.3 Å². The van der Waals surface area contributed by atoms with Crippen LogP contribution in [0.15, 0.2) is 0 Å². The maximum Gasteiger partial charge on any atom is 0.0589 e. The molecule has 2 saturated carbocycles. The summed E-state index contributed by atoms with van der Waals surface area (Å²) in [6.45, 7) is 4.26. The van der Waals surface area contributed by atoms with Gasteiger partial charge in [0.25, 0.3) is 0 Å². The Bertz CT molecular complexity index is 218. The minimum absolute atomic E-state index is 0.387. The molecule has 0 aromatic rings. The Balaban J connectivity index is 1.94. The summed E-state index contributed by atoms with van der Waals surface area (Å²) in [5, 5.41) is 0. The highest BCUT2D eigenvalue weighted by molar-refractivity contribution is 4.94. The van der Waals surface area contributed by atoms with Crippen LogP contribution < -0.4 is 5.73 Å². The van der Waals surface area contributed by atoms with Crippen molar-refractivity contribution in [1.29, 1.82) is 0 Å². The number of nitrogens with zero attached hydrogens (tertiary/aromatic N) is 1. The molecule has 2 fully saturated rings. The molecule has 16 heavy (non-hydrogen) atoms. The van der Waals surface area contributed by atoms with Gasteiger partial charge in [-0.1, -0.05) is 6.42 Å². The van der Waals surface area contributed by atoms with Gasteiger partial charge in [0.1, 0.15) is 0 Å². The third kappa shape index (κ3) is 2.76. The lowest BCUT2D eigenvalue weighted by Gasteiger charge is -2.36. The van der Waals surface area contributed by atoms with Gasteiger partial charge >= 0.3 is 0 Å². The molecule has 2 aliphatic carbocycles. The van der Waals surface area contributed by atoms with Gasteiger partial charge in [-0.2, -0.15) is 0 Å². The molecular formula is C13H26N2O. The average Bonchev–Trinajstić information content (AvgIpc) is 3.04. The average molecular weight is 226 g/mol. The van der Waals surface area contributed by atoms with E-state index in [-0.39, 0.29) is 0 Å². The van der Waals surface area contributed by atoms with Crippen LogP contribution in [0.5, 0.6) is 0 Å². The Morgan fingerprint density at radius 3 is 2.56 bits per heavy atom. The van der Waals surface area contributed by atoms with Gasteiger partial charge in [-0.05, 0) is 38.5 Å². The highest BCUT2D eigenvalue weighted by Crippen LogP contribution is 2.37. The fourth-order valence-corrected chi connectivity index (χ4v) is 3.10. The van der Waals surface area contributed by atoms with E-state index in [9.17, 15) is 0 Å². The van der Waals surface area contributed by atoms with Crippen molar-refractivity contribution in [3.63, 3.8) is 0 Å². The molecule has 0 aromatic carbocycles. The molecule has 0 amide bonds. The summed E-state index contributed by atoms with van der Waals surface area (Å²) in [6, 6.07) is 1.69. The van der Waals surface area contributed by atoms with Crippen molar-refractivity contribution in [2.75, 3.05) is 20.3 Å². The molecule has 3 heteroatoms. The van der Waals surface area contributed by atoms with Gasteiger partial charge in [-0.25, -0.2) is 0 Å². The number of nitrogens with two attached hydrogens (primary N) is 1. The number of hydrogen-bond donors (Lipinski definition) is 1. The second kappa shape index (κ2) is 5.48. The smallest absolute Gasteiger partial charge is 0.0589 e. The fourth-order valence-electron chi connectivity index (χ4n) is 3.10. The normalized spacial score (nSPS) is 32.2. The molecule has 3 unspecified atom stereocenters. The van der Waals surface area contributed by atoms with Crippen LogP contribution in [0.3, 0.4) is 0 Å². The van der Waals surface area contributed by atoms with Crippen molar-refractivity contribution >= 4 is 0 Å². The Labute approximate surface area is 99.3 Å². The van der Waals surface area contributed by atoms with Crippen molar-refractivity contribution in [1.82, 2.24) is 4.90 Å². The molecule has 2 aliphatic rings. The number of ether oxygens (including phenoxy) is 1. The maximum absolute atomic E-state index is 6.23. The summed E-state index contributed by atoms with van der Waals surface area (Å²) in [6.07, 6.45) is 6.60. The van der Waals surface area contributed by atoms with Crippen molar-refractivity contribution in [2.45, 2.75) is 57.2 Å².